The Morgan fingerprint density at radius 1 is 0.692 bits per heavy atom. The Hall–Kier alpha value is -4.94. The van der Waals surface area contributed by atoms with E-state index in [2.05, 4.69) is 22.6 Å². The van der Waals surface area contributed by atoms with Crippen molar-refractivity contribution < 1.29 is 59.3 Å². The van der Waals surface area contributed by atoms with Crippen LogP contribution in [0.1, 0.15) is 0 Å². The zero-order valence-electron chi connectivity index (χ0n) is 19.3. The first-order valence-corrected chi connectivity index (χ1v) is 10.6. The largest absolute Gasteiger partial charge is 0.573 e. The minimum Gasteiger partial charge on any atom is -0.448 e. The number of carbonyl (C=O) groups is 2. The molecule has 0 amide bonds. The highest BCUT2D eigenvalue weighted by atomic mass is 19.4. The summed E-state index contributed by atoms with van der Waals surface area (Å²) in [7, 11) is 0. The highest BCUT2D eigenvalue weighted by Gasteiger charge is 2.37. The molecule has 0 bridgehead atoms. The fraction of sp³-hybridized carbons (Fsp3) is 0.0769. The van der Waals surface area contributed by atoms with Crippen molar-refractivity contribution in [3.05, 3.63) is 73.8 Å². The van der Waals surface area contributed by atoms with Gasteiger partial charge in [0.2, 0.25) is 5.75 Å². The molecule has 0 atom stereocenters. The first-order chi connectivity index (χ1) is 18.3. The van der Waals surface area contributed by atoms with Gasteiger partial charge in [0.25, 0.3) is 0 Å². The number of rotatable bonds is 7. The lowest BCUT2D eigenvalue weighted by molar-refractivity contribution is -0.275. The van der Waals surface area contributed by atoms with E-state index < -0.39 is 53.1 Å². The molecule has 7 nitrogen and oxygen atoms in total. The molecule has 0 aliphatic rings. The van der Waals surface area contributed by atoms with E-state index in [1.165, 1.54) is 42.5 Å². The summed E-state index contributed by atoms with van der Waals surface area (Å²) in [6.45, 7) is 6.41. The molecule has 4 aromatic rings. The predicted octanol–water partition coefficient (Wildman–Crippen LogP) is 7.23. The summed E-state index contributed by atoms with van der Waals surface area (Å²) in [5, 5.41) is -0.147. The molecule has 0 radical (unpaired) electrons. The Bertz CT molecular complexity index is 1600. The number of benzene rings is 3. The van der Waals surface area contributed by atoms with Gasteiger partial charge in [0.05, 0.1) is 0 Å². The number of fused-ring (bicyclic) bond motifs is 3. The number of ether oxygens (including phenoxy) is 4. The number of carbonyl (C=O) groups excluding carboxylic acids is 2. The SMILES string of the molecule is C=CC(=O)Oc1ccc(-c2ccc3c(oc4c(OC(F)(F)F)c(OC(=O)C=C)ccc43)c2OC(F)(F)F)cc1. The Morgan fingerprint density at radius 2 is 1.21 bits per heavy atom. The fourth-order valence-corrected chi connectivity index (χ4v) is 3.58. The fourth-order valence-electron chi connectivity index (χ4n) is 3.58. The average molecular weight is 552 g/mol. The smallest absolute Gasteiger partial charge is 0.448 e. The first kappa shape index (κ1) is 27.1. The molecule has 1 aromatic heterocycles. The molecular weight excluding hydrogens is 538 g/mol. The number of hydrogen-bond acceptors (Lipinski definition) is 7. The molecule has 0 aliphatic carbocycles. The number of esters is 2. The zero-order chi connectivity index (χ0) is 28.5. The third-order valence-corrected chi connectivity index (χ3v) is 5.05. The van der Waals surface area contributed by atoms with Crippen molar-refractivity contribution in [3.63, 3.8) is 0 Å². The number of halogens is 6. The van der Waals surface area contributed by atoms with Crippen LogP contribution < -0.4 is 18.9 Å². The first-order valence-electron chi connectivity index (χ1n) is 10.6. The molecule has 0 saturated carbocycles. The lowest BCUT2D eigenvalue weighted by Gasteiger charge is -2.14. The van der Waals surface area contributed by atoms with Gasteiger partial charge in [0.15, 0.2) is 22.7 Å². The molecule has 39 heavy (non-hydrogen) atoms. The monoisotopic (exact) mass is 552 g/mol. The summed E-state index contributed by atoms with van der Waals surface area (Å²) in [5.41, 5.74) is -1.23. The van der Waals surface area contributed by atoms with Crippen molar-refractivity contribution in [2.24, 2.45) is 0 Å². The second-order valence-electron chi connectivity index (χ2n) is 7.56. The Labute approximate surface area is 214 Å². The van der Waals surface area contributed by atoms with Crippen LogP contribution in [0.3, 0.4) is 0 Å². The Balaban J connectivity index is 1.95. The average Bonchev–Trinajstić information content (AvgIpc) is 3.24. The highest BCUT2D eigenvalue weighted by molar-refractivity contribution is 6.11. The van der Waals surface area contributed by atoms with Crippen LogP contribution in [0.5, 0.6) is 23.0 Å². The van der Waals surface area contributed by atoms with Crippen molar-refractivity contribution in [1.82, 2.24) is 0 Å². The van der Waals surface area contributed by atoms with Gasteiger partial charge in [-0.3, -0.25) is 0 Å². The minimum absolute atomic E-state index is 0.0573. The summed E-state index contributed by atoms with van der Waals surface area (Å²) in [6, 6.07) is 9.92. The molecule has 1 heterocycles. The normalized spacial score (nSPS) is 11.7. The second kappa shape index (κ2) is 10.1. The summed E-state index contributed by atoms with van der Waals surface area (Å²) < 4.78 is 103. The molecule has 0 saturated heterocycles. The van der Waals surface area contributed by atoms with Crippen molar-refractivity contribution in [1.29, 1.82) is 0 Å². The van der Waals surface area contributed by atoms with Gasteiger partial charge in [0.1, 0.15) is 5.75 Å². The van der Waals surface area contributed by atoms with E-state index in [1.807, 2.05) is 0 Å². The topological polar surface area (TPSA) is 84.2 Å². The van der Waals surface area contributed by atoms with Crippen LogP contribution in [0, 0.1) is 0 Å². The van der Waals surface area contributed by atoms with Gasteiger partial charge >= 0.3 is 24.7 Å². The van der Waals surface area contributed by atoms with Crippen LogP contribution >= 0.6 is 0 Å². The maximum atomic E-state index is 13.4. The van der Waals surface area contributed by atoms with Crippen LogP contribution in [0.2, 0.25) is 0 Å². The predicted molar refractivity (Wildman–Crippen MR) is 124 cm³/mol. The lowest BCUT2D eigenvalue weighted by Crippen LogP contribution is -2.18. The number of alkyl halides is 6. The van der Waals surface area contributed by atoms with Crippen molar-refractivity contribution in [2.75, 3.05) is 0 Å². The molecule has 13 heteroatoms. The summed E-state index contributed by atoms with van der Waals surface area (Å²) >= 11 is 0. The van der Waals surface area contributed by atoms with E-state index >= 15 is 0 Å². The standard InChI is InChI=1S/C26H14F6O7/c1-3-19(33)35-14-7-5-13(6-8-14)15-9-10-16-17-11-12-18(36-20(34)4-2)24(39-26(30,31)32)22(17)37-21(16)23(15)38-25(27,28)29/h3-12H,1-2H2. The quantitative estimate of drug-likeness (QED) is 0.104. The summed E-state index contributed by atoms with van der Waals surface area (Å²) in [5.74, 6) is -4.49. The van der Waals surface area contributed by atoms with Gasteiger partial charge in [-0.2, -0.15) is 0 Å². The van der Waals surface area contributed by atoms with Gasteiger partial charge in [-0.05, 0) is 42.0 Å². The van der Waals surface area contributed by atoms with Crippen molar-refractivity contribution in [2.45, 2.75) is 12.7 Å². The number of hydrogen-bond donors (Lipinski definition) is 0. The highest BCUT2D eigenvalue weighted by Crippen LogP contribution is 2.48. The summed E-state index contributed by atoms with van der Waals surface area (Å²) in [4.78, 5) is 23.0. The van der Waals surface area contributed by atoms with Crippen LogP contribution in [-0.4, -0.2) is 24.7 Å². The third kappa shape index (κ3) is 5.98. The van der Waals surface area contributed by atoms with E-state index in [4.69, 9.17) is 13.9 Å². The van der Waals surface area contributed by atoms with E-state index in [1.54, 1.807) is 0 Å². The summed E-state index contributed by atoms with van der Waals surface area (Å²) in [6.07, 6.45) is -8.90. The molecule has 3 aromatic carbocycles. The lowest BCUT2D eigenvalue weighted by atomic mass is 10.0. The molecule has 0 N–H and O–H groups in total. The molecule has 0 aliphatic heterocycles. The van der Waals surface area contributed by atoms with E-state index in [0.29, 0.717) is 6.08 Å². The van der Waals surface area contributed by atoms with E-state index in [0.717, 1.165) is 12.1 Å². The van der Waals surface area contributed by atoms with Gasteiger partial charge in [-0.15, -0.1) is 26.3 Å². The second-order valence-corrected chi connectivity index (χ2v) is 7.56. The van der Waals surface area contributed by atoms with Gasteiger partial charge in [-0.25, -0.2) is 9.59 Å². The van der Waals surface area contributed by atoms with Gasteiger partial charge in [0, 0.05) is 28.5 Å². The minimum atomic E-state index is -5.28. The molecule has 0 fully saturated rings. The Morgan fingerprint density at radius 3 is 1.77 bits per heavy atom. The molecular formula is C26H14F6O7. The number of furan rings is 1. The maximum Gasteiger partial charge on any atom is 0.573 e. The molecule has 202 valence electrons. The molecule has 0 spiro atoms. The van der Waals surface area contributed by atoms with E-state index in [9.17, 15) is 35.9 Å². The van der Waals surface area contributed by atoms with Crippen LogP contribution in [0.25, 0.3) is 33.1 Å². The van der Waals surface area contributed by atoms with Crippen molar-refractivity contribution in [3.8, 4) is 34.1 Å². The van der Waals surface area contributed by atoms with Gasteiger partial charge in [-0.1, -0.05) is 25.3 Å². The van der Waals surface area contributed by atoms with Gasteiger partial charge < -0.3 is 23.4 Å². The molecule has 0 unspecified atom stereocenters. The van der Waals surface area contributed by atoms with E-state index in [-0.39, 0.29) is 27.6 Å². The maximum absolute atomic E-state index is 13.4. The third-order valence-electron chi connectivity index (χ3n) is 5.05. The zero-order valence-corrected chi connectivity index (χ0v) is 19.3. The van der Waals surface area contributed by atoms with Crippen LogP contribution in [0.15, 0.2) is 78.3 Å². The van der Waals surface area contributed by atoms with Crippen molar-refractivity contribution >= 4 is 33.9 Å². The van der Waals surface area contributed by atoms with Crippen LogP contribution in [-0.2, 0) is 9.59 Å². The Kier molecular flexibility index (Phi) is 7.01. The molecule has 4 rings (SSSR count). The van der Waals surface area contributed by atoms with Crippen LogP contribution in [0.4, 0.5) is 26.3 Å².